The van der Waals surface area contributed by atoms with Crippen LogP contribution in [-0.4, -0.2) is 15.4 Å². The van der Waals surface area contributed by atoms with E-state index in [1.807, 2.05) is 26.0 Å². The summed E-state index contributed by atoms with van der Waals surface area (Å²) in [5, 5.41) is 13.5. The summed E-state index contributed by atoms with van der Waals surface area (Å²) in [6.07, 6.45) is 0. The predicted molar refractivity (Wildman–Crippen MR) is 86.6 cm³/mol. The molecule has 0 atom stereocenters. The number of hydrogen-bond acceptors (Lipinski definition) is 4. The van der Waals surface area contributed by atoms with Crippen LogP contribution in [-0.2, 0) is 11.3 Å². The van der Waals surface area contributed by atoms with E-state index in [0.29, 0.717) is 11.4 Å². The van der Waals surface area contributed by atoms with Gasteiger partial charge in [0.2, 0.25) is 5.91 Å². The molecular weight excluding hydrogens is 298 g/mol. The number of amides is 1. The average molecular weight is 315 g/mol. The fraction of sp³-hybridized carbons (Fsp3) is 0.250. The molecule has 7 heteroatoms. The lowest BCUT2D eigenvalue weighted by Gasteiger charge is -2.11. The Morgan fingerprint density at radius 3 is 2.48 bits per heavy atom. The summed E-state index contributed by atoms with van der Waals surface area (Å²) < 4.78 is 1.09. The van der Waals surface area contributed by atoms with Crippen molar-refractivity contribution in [2.75, 3.05) is 5.32 Å². The lowest BCUT2D eigenvalue weighted by Crippen LogP contribution is -2.30. The first kappa shape index (κ1) is 16.4. The molecule has 120 valence electrons. The molecule has 0 aliphatic rings. The molecule has 0 aliphatic carbocycles. The molecule has 7 nitrogen and oxygen atoms in total. The quantitative estimate of drug-likeness (QED) is 0.692. The van der Waals surface area contributed by atoms with Gasteiger partial charge in [-0.1, -0.05) is 6.07 Å². The Bertz CT molecular complexity index is 840. The maximum atomic E-state index is 12.1. The Morgan fingerprint density at radius 2 is 1.87 bits per heavy atom. The van der Waals surface area contributed by atoms with Crippen molar-refractivity contribution in [2.45, 2.75) is 27.3 Å². The molecule has 1 N–H and O–H groups in total. The van der Waals surface area contributed by atoms with Crippen molar-refractivity contribution in [3.05, 3.63) is 67.6 Å². The number of pyridine rings is 1. The van der Waals surface area contributed by atoms with Gasteiger partial charge < -0.3 is 5.32 Å². The first-order valence-electron chi connectivity index (χ1n) is 7.01. The Balaban J connectivity index is 2.23. The van der Waals surface area contributed by atoms with Gasteiger partial charge >= 0.3 is 11.2 Å². The highest BCUT2D eigenvalue weighted by molar-refractivity contribution is 5.90. The Kier molecular flexibility index (Phi) is 4.59. The summed E-state index contributed by atoms with van der Waals surface area (Å²) >= 11 is 0. The molecule has 1 heterocycles. The van der Waals surface area contributed by atoms with Crippen molar-refractivity contribution >= 4 is 17.3 Å². The van der Waals surface area contributed by atoms with Crippen LogP contribution in [0.4, 0.5) is 11.4 Å². The number of aryl methyl sites for hydroxylation is 3. The summed E-state index contributed by atoms with van der Waals surface area (Å²) in [7, 11) is 0. The second kappa shape index (κ2) is 6.43. The SMILES string of the molecule is Cc1ccc(NC(=O)Cn2c(C)ccc([N+](=O)[O-])c2=O)cc1C. The smallest absolute Gasteiger partial charge is 0.325 e. The highest BCUT2D eigenvalue weighted by Crippen LogP contribution is 2.14. The van der Waals surface area contributed by atoms with Gasteiger partial charge in [0.25, 0.3) is 0 Å². The number of carbonyl (C=O) groups is 1. The minimum atomic E-state index is -0.787. The zero-order valence-corrected chi connectivity index (χ0v) is 13.1. The number of carbonyl (C=O) groups excluding carboxylic acids is 1. The molecule has 0 spiro atoms. The first-order valence-corrected chi connectivity index (χ1v) is 7.01. The van der Waals surface area contributed by atoms with E-state index in [9.17, 15) is 19.7 Å². The lowest BCUT2D eigenvalue weighted by molar-refractivity contribution is -0.386. The van der Waals surface area contributed by atoms with Crippen LogP contribution < -0.4 is 10.9 Å². The third-order valence-electron chi connectivity index (χ3n) is 3.66. The third-order valence-corrected chi connectivity index (χ3v) is 3.66. The standard InChI is InChI=1S/C16H17N3O4/c1-10-4-6-13(8-11(10)2)17-15(20)9-18-12(3)5-7-14(16(18)21)19(22)23/h4-8H,9H2,1-3H3,(H,17,20). The van der Waals surface area contributed by atoms with Crippen molar-refractivity contribution < 1.29 is 9.72 Å². The molecule has 0 saturated carbocycles. The topological polar surface area (TPSA) is 94.2 Å². The highest BCUT2D eigenvalue weighted by Gasteiger charge is 2.17. The first-order chi connectivity index (χ1) is 10.8. The fourth-order valence-electron chi connectivity index (χ4n) is 2.16. The second-order valence-electron chi connectivity index (χ2n) is 5.36. The van der Waals surface area contributed by atoms with Crippen molar-refractivity contribution in [2.24, 2.45) is 0 Å². The van der Waals surface area contributed by atoms with Gasteiger partial charge in [-0.2, -0.15) is 0 Å². The van der Waals surface area contributed by atoms with E-state index in [-0.39, 0.29) is 6.54 Å². The van der Waals surface area contributed by atoms with Crippen LogP contribution in [0.2, 0.25) is 0 Å². The molecule has 2 rings (SSSR count). The van der Waals surface area contributed by atoms with E-state index in [1.165, 1.54) is 6.07 Å². The third kappa shape index (κ3) is 3.63. The number of hydrogen-bond donors (Lipinski definition) is 1. The molecule has 0 fully saturated rings. The Hall–Kier alpha value is -2.96. The summed E-state index contributed by atoms with van der Waals surface area (Å²) in [4.78, 5) is 34.3. The van der Waals surface area contributed by atoms with Crippen molar-refractivity contribution in [1.82, 2.24) is 4.57 Å². The van der Waals surface area contributed by atoms with Crippen molar-refractivity contribution in [3.8, 4) is 0 Å². The molecule has 0 aliphatic heterocycles. The summed E-state index contributed by atoms with van der Waals surface area (Å²) in [5.41, 5.74) is 1.91. The summed E-state index contributed by atoms with van der Waals surface area (Å²) in [6, 6.07) is 8.08. The number of nitro groups is 1. The average Bonchev–Trinajstić information content (AvgIpc) is 2.47. The molecule has 0 radical (unpaired) electrons. The predicted octanol–water partition coefficient (Wildman–Crippen LogP) is 2.32. The molecule has 1 aromatic carbocycles. The number of rotatable bonds is 4. The van der Waals surface area contributed by atoms with Gasteiger partial charge in [0.1, 0.15) is 6.54 Å². The largest absolute Gasteiger partial charge is 0.334 e. The Morgan fingerprint density at radius 1 is 1.17 bits per heavy atom. The van der Waals surface area contributed by atoms with Gasteiger partial charge in [0.15, 0.2) is 0 Å². The Labute approximate surface area is 132 Å². The zero-order chi connectivity index (χ0) is 17.1. The van der Waals surface area contributed by atoms with E-state index in [1.54, 1.807) is 13.0 Å². The van der Waals surface area contributed by atoms with Crippen LogP contribution in [0.5, 0.6) is 0 Å². The minimum Gasteiger partial charge on any atom is -0.325 e. The maximum absolute atomic E-state index is 12.1. The number of anilines is 1. The number of benzene rings is 1. The van der Waals surface area contributed by atoms with Crippen LogP contribution in [0.15, 0.2) is 35.1 Å². The maximum Gasteiger partial charge on any atom is 0.334 e. The van der Waals surface area contributed by atoms with Crippen LogP contribution in [0, 0.1) is 30.9 Å². The molecule has 2 aromatic rings. The van der Waals surface area contributed by atoms with E-state index in [4.69, 9.17) is 0 Å². The molecule has 0 bridgehead atoms. The van der Waals surface area contributed by atoms with E-state index >= 15 is 0 Å². The van der Waals surface area contributed by atoms with Crippen LogP contribution in [0.25, 0.3) is 0 Å². The molecular formula is C16H17N3O4. The number of nitrogens with one attached hydrogen (secondary N) is 1. The van der Waals surface area contributed by atoms with Crippen LogP contribution in [0.3, 0.4) is 0 Å². The van der Waals surface area contributed by atoms with Crippen LogP contribution >= 0.6 is 0 Å². The number of nitrogens with zero attached hydrogens (tertiary/aromatic N) is 2. The van der Waals surface area contributed by atoms with E-state index in [0.717, 1.165) is 21.8 Å². The van der Waals surface area contributed by atoms with Gasteiger partial charge in [-0.05, 0) is 50.1 Å². The van der Waals surface area contributed by atoms with Crippen molar-refractivity contribution in [1.29, 1.82) is 0 Å². The van der Waals surface area contributed by atoms with Gasteiger partial charge in [0, 0.05) is 17.4 Å². The van der Waals surface area contributed by atoms with E-state index < -0.39 is 22.1 Å². The normalized spacial score (nSPS) is 10.4. The molecule has 0 unspecified atom stereocenters. The van der Waals surface area contributed by atoms with Gasteiger partial charge in [-0.3, -0.25) is 24.3 Å². The molecule has 1 amide bonds. The molecule has 1 aromatic heterocycles. The summed E-state index contributed by atoms with van der Waals surface area (Å²) in [6.45, 7) is 5.24. The molecule has 23 heavy (non-hydrogen) atoms. The van der Waals surface area contributed by atoms with Gasteiger partial charge in [-0.25, -0.2) is 0 Å². The zero-order valence-electron chi connectivity index (χ0n) is 13.1. The lowest BCUT2D eigenvalue weighted by atomic mass is 10.1. The van der Waals surface area contributed by atoms with Crippen LogP contribution in [0.1, 0.15) is 16.8 Å². The molecule has 0 saturated heterocycles. The fourth-order valence-corrected chi connectivity index (χ4v) is 2.16. The monoisotopic (exact) mass is 315 g/mol. The van der Waals surface area contributed by atoms with Gasteiger partial charge in [-0.15, -0.1) is 0 Å². The number of aromatic nitrogens is 1. The van der Waals surface area contributed by atoms with E-state index in [2.05, 4.69) is 5.32 Å². The van der Waals surface area contributed by atoms with Gasteiger partial charge in [0.05, 0.1) is 4.92 Å². The minimum absolute atomic E-state index is 0.279. The summed E-state index contributed by atoms with van der Waals surface area (Å²) in [5.74, 6) is -0.418. The van der Waals surface area contributed by atoms with Crippen molar-refractivity contribution in [3.63, 3.8) is 0 Å². The highest BCUT2D eigenvalue weighted by atomic mass is 16.6. The second-order valence-corrected chi connectivity index (χ2v) is 5.36.